The first-order valence-electron chi connectivity index (χ1n) is 12.0. The summed E-state index contributed by atoms with van der Waals surface area (Å²) in [6.45, 7) is 2.96. The van der Waals surface area contributed by atoms with E-state index >= 15 is 0 Å². The lowest BCUT2D eigenvalue weighted by molar-refractivity contribution is -0.887. The molecule has 0 saturated carbocycles. The minimum absolute atomic E-state index is 0.146. The maximum Gasteiger partial charge on any atom is 0.364 e. The maximum atomic E-state index is 11.9. The molecule has 1 unspecified atom stereocenters. The van der Waals surface area contributed by atoms with Crippen molar-refractivity contribution in [3.63, 3.8) is 0 Å². The van der Waals surface area contributed by atoms with Crippen LogP contribution in [0.5, 0.6) is 0 Å². The molecule has 0 heterocycles. The molecule has 0 aliphatic heterocycles. The third-order valence-electron chi connectivity index (χ3n) is 5.64. The molecule has 0 radical (unpaired) electrons. The van der Waals surface area contributed by atoms with Crippen LogP contribution in [0.3, 0.4) is 0 Å². The van der Waals surface area contributed by atoms with Crippen molar-refractivity contribution in [1.82, 2.24) is 5.32 Å². The van der Waals surface area contributed by atoms with E-state index < -0.39 is 0 Å². The molecule has 0 saturated heterocycles. The second-order valence-corrected chi connectivity index (χ2v) is 9.29. The molecule has 0 aromatic heterocycles. The SMILES string of the molecule is CCCCCCCCCCCCCC(=O)NCCCCC(C(=O)OC)[N+](C)(C)C. The molecule has 1 atom stereocenters. The van der Waals surface area contributed by atoms with Crippen molar-refractivity contribution in [2.75, 3.05) is 34.8 Å². The summed E-state index contributed by atoms with van der Waals surface area (Å²) in [6, 6.07) is -0.146. The Kier molecular flexibility index (Phi) is 17.1. The Balaban J connectivity index is 3.55. The number of nitrogens with zero attached hydrogens (tertiary/aromatic N) is 1. The number of methoxy groups -OCH3 is 1. The molecule has 0 aliphatic rings. The minimum atomic E-state index is -0.155. The van der Waals surface area contributed by atoms with Gasteiger partial charge >= 0.3 is 5.97 Å². The average molecular weight is 414 g/mol. The Morgan fingerprint density at radius 3 is 1.79 bits per heavy atom. The van der Waals surface area contributed by atoms with Crippen molar-refractivity contribution in [1.29, 1.82) is 0 Å². The fourth-order valence-electron chi connectivity index (χ4n) is 3.69. The average Bonchev–Trinajstić information content (AvgIpc) is 2.67. The number of hydrogen-bond acceptors (Lipinski definition) is 3. The second kappa shape index (κ2) is 17.7. The molecule has 0 aromatic rings. The van der Waals surface area contributed by atoms with E-state index in [-0.39, 0.29) is 17.9 Å². The highest BCUT2D eigenvalue weighted by atomic mass is 16.5. The summed E-state index contributed by atoms with van der Waals surface area (Å²) in [5, 5.41) is 3.01. The Bertz CT molecular complexity index is 419. The van der Waals surface area contributed by atoms with Crippen LogP contribution in [0.15, 0.2) is 0 Å². The summed E-state index contributed by atoms with van der Waals surface area (Å²) < 4.78 is 5.48. The topological polar surface area (TPSA) is 55.4 Å². The monoisotopic (exact) mass is 413 g/mol. The number of carbonyl (C=O) groups is 2. The van der Waals surface area contributed by atoms with Gasteiger partial charge in [0, 0.05) is 19.4 Å². The van der Waals surface area contributed by atoms with Crippen molar-refractivity contribution in [2.45, 2.75) is 109 Å². The number of nitrogens with one attached hydrogen (secondary N) is 1. The Hall–Kier alpha value is -1.10. The molecule has 29 heavy (non-hydrogen) atoms. The summed E-state index contributed by atoms with van der Waals surface area (Å²) in [6.07, 6.45) is 17.5. The van der Waals surface area contributed by atoms with Gasteiger partial charge < -0.3 is 14.5 Å². The second-order valence-electron chi connectivity index (χ2n) is 9.29. The molecule has 5 heteroatoms. The van der Waals surface area contributed by atoms with Gasteiger partial charge in [0.2, 0.25) is 5.91 Å². The number of quaternary nitrogens is 1. The molecular weight excluding hydrogens is 364 g/mol. The first-order chi connectivity index (χ1) is 13.8. The zero-order valence-corrected chi connectivity index (χ0v) is 20.1. The normalized spacial score (nSPS) is 12.6. The molecule has 0 aliphatic carbocycles. The van der Waals surface area contributed by atoms with Crippen molar-refractivity contribution in [3.05, 3.63) is 0 Å². The number of hydrogen-bond donors (Lipinski definition) is 1. The highest BCUT2D eigenvalue weighted by Crippen LogP contribution is 2.14. The van der Waals surface area contributed by atoms with Gasteiger partial charge in [-0.2, -0.15) is 0 Å². The first-order valence-corrected chi connectivity index (χ1v) is 12.0. The lowest BCUT2D eigenvalue weighted by atomic mass is 10.1. The molecule has 172 valence electrons. The fraction of sp³-hybridized carbons (Fsp3) is 0.917. The van der Waals surface area contributed by atoms with Crippen LogP contribution in [-0.2, 0) is 14.3 Å². The van der Waals surface area contributed by atoms with Gasteiger partial charge in [-0.05, 0) is 19.3 Å². The molecular formula is C24H49N2O3+. The van der Waals surface area contributed by atoms with Crippen LogP contribution >= 0.6 is 0 Å². The molecule has 0 fully saturated rings. The van der Waals surface area contributed by atoms with Crippen LogP contribution < -0.4 is 5.32 Å². The lowest BCUT2D eigenvalue weighted by Crippen LogP contribution is -2.50. The number of amides is 1. The van der Waals surface area contributed by atoms with E-state index in [0.29, 0.717) is 17.4 Å². The van der Waals surface area contributed by atoms with Crippen molar-refractivity contribution >= 4 is 11.9 Å². The predicted octanol–water partition coefficient (Wildman–Crippen LogP) is 5.22. The van der Waals surface area contributed by atoms with E-state index in [4.69, 9.17) is 4.74 Å². The smallest absolute Gasteiger partial charge is 0.364 e. The van der Waals surface area contributed by atoms with Crippen molar-refractivity contribution in [3.8, 4) is 0 Å². The molecule has 1 amide bonds. The third kappa shape index (κ3) is 16.4. The summed E-state index contributed by atoms with van der Waals surface area (Å²) >= 11 is 0. The van der Waals surface area contributed by atoms with Crippen molar-refractivity contribution < 1.29 is 18.8 Å². The standard InChI is InChI=1S/C24H48N2O3/c1-6-7-8-9-10-11-12-13-14-15-16-20-23(27)25-21-18-17-19-22(24(28)29-5)26(2,3)4/h22H,6-21H2,1-5H3/p+1. The highest BCUT2D eigenvalue weighted by molar-refractivity contribution is 5.75. The summed E-state index contributed by atoms with van der Waals surface area (Å²) in [4.78, 5) is 23.8. The van der Waals surface area contributed by atoms with Crippen LogP contribution in [0.1, 0.15) is 103 Å². The van der Waals surface area contributed by atoms with E-state index in [0.717, 1.165) is 32.1 Å². The minimum Gasteiger partial charge on any atom is -0.465 e. The van der Waals surface area contributed by atoms with Gasteiger partial charge in [-0.25, -0.2) is 4.79 Å². The quantitative estimate of drug-likeness (QED) is 0.179. The molecule has 5 nitrogen and oxygen atoms in total. The zero-order chi connectivity index (χ0) is 22.0. The van der Waals surface area contributed by atoms with Crippen LogP contribution in [-0.4, -0.2) is 57.2 Å². The zero-order valence-electron chi connectivity index (χ0n) is 20.1. The number of ether oxygens (including phenoxy) is 1. The maximum absolute atomic E-state index is 11.9. The van der Waals surface area contributed by atoms with Crippen molar-refractivity contribution in [2.24, 2.45) is 0 Å². The lowest BCUT2D eigenvalue weighted by Gasteiger charge is -2.32. The fourth-order valence-corrected chi connectivity index (χ4v) is 3.69. The van der Waals surface area contributed by atoms with Crippen LogP contribution in [0, 0.1) is 0 Å². The Labute approximate surface area is 180 Å². The Morgan fingerprint density at radius 1 is 0.793 bits per heavy atom. The molecule has 1 N–H and O–H groups in total. The van der Waals surface area contributed by atoms with Gasteiger partial charge in [-0.15, -0.1) is 0 Å². The summed E-state index contributed by atoms with van der Waals surface area (Å²) in [7, 11) is 7.48. The molecule has 0 bridgehead atoms. The van der Waals surface area contributed by atoms with E-state index in [9.17, 15) is 9.59 Å². The van der Waals surface area contributed by atoms with Gasteiger partial charge in [0.1, 0.15) is 0 Å². The third-order valence-corrected chi connectivity index (χ3v) is 5.64. The summed E-state index contributed by atoms with van der Waals surface area (Å²) in [5.74, 6) is 0.00933. The number of rotatable bonds is 19. The largest absolute Gasteiger partial charge is 0.465 e. The number of esters is 1. The van der Waals surface area contributed by atoms with Gasteiger partial charge in [-0.1, -0.05) is 71.1 Å². The highest BCUT2D eigenvalue weighted by Gasteiger charge is 2.31. The predicted molar refractivity (Wildman–Crippen MR) is 122 cm³/mol. The molecule has 0 aromatic carbocycles. The first kappa shape index (κ1) is 27.9. The van der Waals surface area contributed by atoms with Crippen LogP contribution in [0.2, 0.25) is 0 Å². The van der Waals surface area contributed by atoms with E-state index in [1.54, 1.807) is 0 Å². The van der Waals surface area contributed by atoms with E-state index in [2.05, 4.69) is 12.2 Å². The van der Waals surface area contributed by atoms with Crippen LogP contribution in [0.4, 0.5) is 0 Å². The van der Waals surface area contributed by atoms with Gasteiger partial charge in [0.05, 0.1) is 28.3 Å². The molecule has 0 spiro atoms. The molecule has 0 rings (SSSR count). The number of carbonyl (C=O) groups excluding carboxylic acids is 2. The Morgan fingerprint density at radius 2 is 1.31 bits per heavy atom. The summed E-state index contributed by atoms with van der Waals surface area (Å²) in [5.41, 5.74) is 0. The van der Waals surface area contributed by atoms with Crippen LogP contribution in [0.25, 0.3) is 0 Å². The number of likely N-dealkylation sites (N-methyl/N-ethyl adjacent to an activating group) is 1. The van der Waals surface area contributed by atoms with E-state index in [1.165, 1.54) is 64.9 Å². The van der Waals surface area contributed by atoms with E-state index in [1.807, 2.05) is 21.1 Å². The number of unbranched alkanes of at least 4 members (excludes halogenated alkanes) is 11. The van der Waals surface area contributed by atoms with Gasteiger partial charge in [-0.3, -0.25) is 4.79 Å². The van der Waals surface area contributed by atoms with Gasteiger partial charge in [0.15, 0.2) is 6.04 Å². The van der Waals surface area contributed by atoms with Gasteiger partial charge in [0.25, 0.3) is 0 Å².